The molecule has 1 aliphatic rings. The zero-order valence-corrected chi connectivity index (χ0v) is 14.3. The van der Waals surface area contributed by atoms with E-state index >= 15 is 0 Å². The van der Waals surface area contributed by atoms with Crippen LogP contribution in [-0.4, -0.2) is 52.2 Å². The highest BCUT2D eigenvalue weighted by Gasteiger charge is 2.24. The van der Waals surface area contributed by atoms with Crippen LogP contribution in [0.1, 0.15) is 18.4 Å². The molecule has 0 saturated carbocycles. The van der Waals surface area contributed by atoms with Crippen molar-refractivity contribution in [2.45, 2.75) is 25.4 Å². The Morgan fingerprint density at radius 2 is 2.08 bits per heavy atom. The highest BCUT2D eigenvalue weighted by molar-refractivity contribution is 5.74. The molecule has 25 heavy (non-hydrogen) atoms. The lowest BCUT2D eigenvalue weighted by atomic mass is 10.1. The number of rotatable bonds is 4. The summed E-state index contributed by atoms with van der Waals surface area (Å²) in [4.78, 5) is 24.7. The van der Waals surface area contributed by atoms with Crippen LogP contribution >= 0.6 is 0 Å². The van der Waals surface area contributed by atoms with Crippen LogP contribution in [0.15, 0.2) is 42.7 Å². The van der Waals surface area contributed by atoms with Gasteiger partial charge in [-0.2, -0.15) is 0 Å². The van der Waals surface area contributed by atoms with Crippen LogP contribution in [0, 0.1) is 0 Å². The second kappa shape index (κ2) is 7.83. The molecular weight excluding hydrogens is 318 g/mol. The van der Waals surface area contributed by atoms with Gasteiger partial charge in [-0.3, -0.25) is 0 Å². The average Bonchev–Trinajstić information content (AvgIpc) is 2.64. The third kappa shape index (κ3) is 4.37. The van der Waals surface area contributed by atoms with Gasteiger partial charge in [0.05, 0.1) is 6.54 Å². The number of nitrogens with one attached hydrogen (secondary N) is 1. The summed E-state index contributed by atoms with van der Waals surface area (Å²) in [7, 11) is 1.72. The lowest BCUT2D eigenvalue weighted by molar-refractivity contribution is 0.200. The lowest BCUT2D eigenvalue weighted by Gasteiger charge is -2.34. The molecule has 1 aromatic heterocycles. The minimum absolute atomic E-state index is 0.0527. The number of hydrogen-bond donors (Lipinski definition) is 2. The van der Waals surface area contributed by atoms with E-state index in [1.54, 1.807) is 42.5 Å². The first kappa shape index (κ1) is 17.0. The summed E-state index contributed by atoms with van der Waals surface area (Å²) in [5.74, 6) is 0.899. The highest BCUT2D eigenvalue weighted by atomic mass is 16.3. The molecule has 1 aromatic carbocycles. The number of phenolic OH excluding ortho intramolecular Hbond substituents is 1. The predicted octanol–water partition coefficient (Wildman–Crippen LogP) is 1.99. The number of benzene rings is 1. The van der Waals surface area contributed by atoms with Crippen molar-refractivity contribution in [2.75, 3.05) is 25.0 Å². The predicted molar refractivity (Wildman–Crippen MR) is 95.4 cm³/mol. The highest BCUT2D eigenvalue weighted by Crippen LogP contribution is 2.18. The van der Waals surface area contributed by atoms with Crippen LogP contribution in [0.5, 0.6) is 5.75 Å². The Kier molecular flexibility index (Phi) is 5.33. The van der Waals surface area contributed by atoms with Gasteiger partial charge in [-0.15, -0.1) is 0 Å². The zero-order valence-electron chi connectivity index (χ0n) is 14.3. The van der Waals surface area contributed by atoms with E-state index in [0.717, 1.165) is 24.9 Å². The second-order valence-corrected chi connectivity index (χ2v) is 6.27. The van der Waals surface area contributed by atoms with E-state index in [9.17, 15) is 9.90 Å². The number of piperidine rings is 1. The van der Waals surface area contributed by atoms with Crippen molar-refractivity contribution in [2.24, 2.45) is 0 Å². The molecule has 1 aliphatic heterocycles. The Bertz CT molecular complexity index is 710. The van der Waals surface area contributed by atoms with Crippen molar-refractivity contribution in [1.29, 1.82) is 0 Å². The average molecular weight is 341 g/mol. The molecule has 0 spiro atoms. The maximum absolute atomic E-state index is 12.5. The standard InChI is InChI=1S/C18H23N5O2/c1-22(12-14-6-2-3-8-16(14)24)18(25)21-15-7-4-11-23(13-15)17-19-9-5-10-20-17/h2-3,5-6,8-10,15,24H,4,7,11-13H2,1H3,(H,21,25). The minimum atomic E-state index is -0.149. The van der Waals surface area contributed by atoms with Crippen LogP contribution in [0.25, 0.3) is 0 Å². The first-order valence-electron chi connectivity index (χ1n) is 8.44. The van der Waals surface area contributed by atoms with Crippen molar-refractivity contribution < 1.29 is 9.90 Å². The number of phenols is 1. The fourth-order valence-electron chi connectivity index (χ4n) is 2.99. The third-order valence-corrected chi connectivity index (χ3v) is 4.33. The number of hydrogen-bond acceptors (Lipinski definition) is 5. The molecule has 0 aliphatic carbocycles. The van der Waals surface area contributed by atoms with Crippen molar-refractivity contribution in [3.05, 3.63) is 48.3 Å². The van der Waals surface area contributed by atoms with E-state index in [1.807, 2.05) is 12.1 Å². The fraction of sp³-hybridized carbons (Fsp3) is 0.389. The molecule has 0 bridgehead atoms. The number of nitrogens with zero attached hydrogens (tertiary/aromatic N) is 4. The van der Waals surface area contributed by atoms with Gasteiger partial charge in [0.2, 0.25) is 5.95 Å². The SMILES string of the molecule is CN(Cc1ccccc1O)C(=O)NC1CCCN(c2ncccn2)C1. The molecule has 1 fully saturated rings. The molecule has 1 saturated heterocycles. The molecule has 2 N–H and O–H groups in total. The fourth-order valence-corrected chi connectivity index (χ4v) is 2.99. The van der Waals surface area contributed by atoms with E-state index in [4.69, 9.17) is 0 Å². The van der Waals surface area contributed by atoms with Gasteiger partial charge in [0.25, 0.3) is 0 Å². The van der Waals surface area contributed by atoms with Crippen molar-refractivity contribution >= 4 is 12.0 Å². The van der Waals surface area contributed by atoms with Crippen molar-refractivity contribution in [3.63, 3.8) is 0 Å². The largest absolute Gasteiger partial charge is 0.508 e. The van der Waals surface area contributed by atoms with Crippen molar-refractivity contribution in [1.82, 2.24) is 20.2 Å². The Hall–Kier alpha value is -2.83. The van der Waals surface area contributed by atoms with Gasteiger partial charge in [0.15, 0.2) is 0 Å². The maximum atomic E-state index is 12.5. The van der Waals surface area contributed by atoms with E-state index in [2.05, 4.69) is 20.2 Å². The van der Waals surface area contributed by atoms with Gasteiger partial charge < -0.3 is 20.2 Å². The van der Waals surface area contributed by atoms with E-state index in [0.29, 0.717) is 19.0 Å². The monoisotopic (exact) mass is 341 g/mol. The molecule has 1 atom stereocenters. The van der Waals surface area contributed by atoms with Crippen LogP contribution in [0.2, 0.25) is 0 Å². The van der Waals surface area contributed by atoms with Crippen molar-refractivity contribution in [3.8, 4) is 5.75 Å². The number of para-hydroxylation sites is 1. The number of amides is 2. The summed E-state index contributed by atoms with van der Waals surface area (Å²) in [5, 5.41) is 12.9. The smallest absolute Gasteiger partial charge is 0.317 e. The van der Waals surface area contributed by atoms with Crippen LogP contribution < -0.4 is 10.2 Å². The van der Waals surface area contributed by atoms with Gasteiger partial charge in [-0.05, 0) is 25.0 Å². The first-order chi connectivity index (χ1) is 12.1. The molecule has 2 heterocycles. The quantitative estimate of drug-likeness (QED) is 0.889. The molecule has 2 amide bonds. The number of aromatic nitrogens is 2. The van der Waals surface area contributed by atoms with Gasteiger partial charge in [-0.1, -0.05) is 18.2 Å². The number of carbonyl (C=O) groups is 1. The summed E-state index contributed by atoms with van der Waals surface area (Å²) in [6.45, 7) is 1.95. The van der Waals surface area contributed by atoms with E-state index in [1.165, 1.54) is 0 Å². The zero-order chi connectivity index (χ0) is 17.6. The number of aromatic hydroxyl groups is 1. The van der Waals surface area contributed by atoms with E-state index < -0.39 is 0 Å². The molecule has 132 valence electrons. The molecule has 3 rings (SSSR count). The lowest BCUT2D eigenvalue weighted by Crippen LogP contribution is -2.51. The second-order valence-electron chi connectivity index (χ2n) is 6.27. The summed E-state index contributed by atoms with van der Waals surface area (Å²) in [5.41, 5.74) is 0.725. The summed E-state index contributed by atoms with van der Waals surface area (Å²) < 4.78 is 0. The number of urea groups is 1. The number of carbonyl (C=O) groups excluding carboxylic acids is 1. The van der Waals surface area contributed by atoms with Gasteiger partial charge in [0.1, 0.15) is 5.75 Å². The Balaban J connectivity index is 1.56. The van der Waals surface area contributed by atoms with Gasteiger partial charge >= 0.3 is 6.03 Å². The first-order valence-corrected chi connectivity index (χ1v) is 8.44. The third-order valence-electron chi connectivity index (χ3n) is 4.33. The van der Waals surface area contributed by atoms with Crippen LogP contribution in [-0.2, 0) is 6.54 Å². The van der Waals surface area contributed by atoms with Crippen LogP contribution in [0.3, 0.4) is 0 Å². The molecule has 7 heteroatoms. The molecule has 7 nitrogen and oxygen atoms in total. The normalized spacial score (nSPS) is 17.2. The van der Waals surface area contributed by atoms with Gasteiger partial charge in [-0.25, -0.2) is 14.8 Å². The molecule has 2 aromatic rings. The van der Waals surface area contributed by atoms with E-state index in [-0.39, 0.29) is 17.8 Å². The Morgan fingerprint density at radius 3 is 2.84 bits per heavy atom. The van der Waals surface area contributed by atoms with Crippen LogP contribution in [0.4, 0.5) is 10.7 Å². The molecular formula is C18H23N5O2. The molecule has 0 radical (unpaired) electrons. The number of anilines is 1. The summed E-state index contributed by atoms with van der Waals surface area (Å²) in [6.07, 6.45) is 5.36. The topological polar surface area (TPSA) is 81.6 Å². The summed E-state index contributed by atoms with van der Waals surface area (Å²) in [6, 6.07) is 8.75. The summed E-state index contributed by atoms with van der Waals surface area (Å²) >= 11 is 0. The Morgan fingerprint density at radius 1 is 1.32 bits per heavy atom. The molecule has 1 unspecified atom stereocenters. The maximum Gasteiger partial charge on any atom is 0.317 e. The Labute approximate surface area is 147 Å². The minimum Gasteiger partial charge on any atom is -0.508 e. The van der Waals surface area contributed by atoms with Gasteiger partial charge in [0, 0.05) is 44.1 Å².